The van der Waals surface area contributed by atoms with Crippen molar-refractivity contribution in [1.82, 2.24) is 0 Å². The summed E-state index contributed by atoms with van der Waals surface area (Å²) in [5.41, 5.74) is 1.25. The number of hydrogen-bond donors (Lipinski definition) is 0. The zero-order valence-electron chi connectivity index (χ0n) is 9.04. The maximum Gasteiger partial charge on any atom is 0.0354 e. The molecule has 1 nitrogen and oxygen atoms in total. The SMILES string of the molecule is CO[C@H](C)[c-]1cccc1.[Fe].[cH-]1[cH-][cH-][cH-][cH-]1. The van der Waals surface area contributed by atoms with Gasteiger partial charge in [-0.15, -0.1) is 5.56 Å². The quantitative estimate of drug-likeness (QED) is 0.580. The minimum atomic E-state index is 0. The zero-order chi connectivity index (χ0) is 10.2. The van der Waals surface area contributed by atoms with E-state index in [1.54, 1.807) is 7.11 Å². The van der Waals surface area contributed by atoms with Crippen LogP contribution < -0.4 is 0 Å². The molecular formula is C13H16FeO-6. The molecule has 0 aliphatic carbocycles. The standard InChI is InChI=1S/C8H11O.C5H5.Fe/c1-7(9-2)8-5-3-4-6-8;1-2-4-5-3-1;/h3-7H,1-2H3;1-5H;/q-1;-5;/t7-;;/m1../s1. The van der Waals surface area contributed by atoms with Crippen LogP contribution in [0.1, 0.15) is 18.6 Å². The van der Waals surface area contributed by atoms with Crippen molar-refractivity contribution >= 4 is 0 Å². The van der Waals surface area contributed by atoms with E-state index in [1.165, 1.54) is 5.56 Å². The summed E-state index contributed by atoms with van der Waals surface area (Å²) in [7, 11) is 1.72. The molecule has 0 aliphatic heterocycles. The molecule has 0 radical (unpaired) electrons. The average molecular weight is 244 g/mol. The molecule has 0 N–H and O–H groups in total. The van der Waals surface area contributed by atoms with Gasteiger partial charge in [-0.1, -0.05) is 0 Å². The first-order valence-electron chi connectivity index (χ1n) is 4.75. The summed E-state index contributed by atoms with van der Waals surface area (Å²) in [6.45, 7) is 2.04. The first-order valence-corrected chi connectivity index (χ1v) is 4.75. The van der Waals surface area contributed by atoms with Gasteiger partial charge in [-0.2, -0.15) is 12.1 Å². The average Bonchev–Trinajstić information content (AvgIpc) is 2.91. The van der Waals surface area contributed by atoms with Crippen LogP contribution in [0.3, 0.4) is 0 Å². The van der Waals surface area contributed by atoms with Crippen LogP contribution in [-0.4, -0.2) is 7.11 Å². The van der Waals surface area contributed by atoms with E-state index >= 15 is 0 Å². The third-order valence-corrected chi connectivity index (χ3v) is 2.07. The van der Waals surface area contributed by atoms with Crippen LogP contribution >= 0.6 is 0 Å². The third-order valence-electron chi connectivity index (χ3n) is 2.07. The topological polar surface area (TPSA) is 9.23 Å². The van der Waals surface area contributed by atoms with Crippen LogP contribution in [0.5, 0.6) is 0 Å². The van der Waals surface area contributed by atoms with Crippen LogP contribution in [0.4, 0.5) is 0 Å². The Morgan fingerprint density at radius 2 is 1.40 bits per heavy atom. The molecule has 1 atom stereocenters. The largest absolute Gasteiger partial charge is 0.748 e. The third kappa shape index (κ3) is 5.58. The first kappa shape index (κ1) is 14.2. The van der Waals surface area contributed by atoms with Crippen LogP contribution in [0, 0.1) is 0 Å². The molecule has 0 saturated heterocycles. The van der Waals surface area contributed by atoms with Crippen molar-refractivity contribution in [2.45, 2.75) is 13.0 Å². The summed E-state index contributed by atoms with van der Waals surface area (Å²) in [5.74, 6) is 0. The van der Waals surface area contributed by atoms with E-state index in [2.05, 4.69) is 12.1 Å². The van der Waals surface area contributed by atoms with Crippen molar-refractivity contribution in [2.75, 3.05) is 7.11 Å². The monoisotopic (exact) mass is 244 g/mol. The molecule has 2 aromatic rings. The van der Waals surface area contributed by atoms with Crippen LogP contribution in [-0.2, 0) is 21.8 Å². The normalized spacial score (nSPS) is 10.8. The smallest absolute Gasteiger partial charge is 0.0354 e. The van der Waals surface area contributed by atoms with Crippen LogP contribution in [0.15, 0.2) is 54.6 Å². The summed E-state index contributed by atoms with van der Waals surface area (Å²) in [6, 6.07) is 18.2. The summed E-state index contributed by atoms with van der Waals surface area (Å²) < 4.78 is 5.09. The molecule has 0 fully saturated rings. The maximum atomic E-state index is 5.09. The van der Waals surface area contributed by atoms with Gasteiger partial charge >= 0.3 is 0 Å². The zero-order valence-corrected chi connectivity index (χ0v) is 10.1. The minimum absolute atomic E-state index is 0. The molecule has 0 unspecified atom stereocenters. The van der Waals surface area contributed by atoms with Gasteiger partial charge in [0.1, 0.15) is 0 Å². The Labute approximate surface area is 102 Å². The fourth-order valence-corrected chi connectivity index (χ4v) is 1.12. The molecule has 0 saturated carbocycles. The van der Waals surface area contributed by atoms with Gasteiger partial charge in [0.25, 0.3) is 0 Å². The van der Waals surface area contributed by atoms with E-state index in [0.29, 0.717) is 0 Å². The molecule has 88 valence electrons. The summed E-state index contributed by atoms with van der Waals surface area (Å²) in [4.78, 5) is 0. The number of methoxy groups -OCH3 is 1. The van der Waals surface area contributed by atoms with Gasteiger partial charge in [-0.05, 0) is 6.92 Å². The van der Waals surface area contributed by atoms with Crippen LogP contribution in [0.25, 0.3) is 0 Å². The molecule has 2 heteroatoms. The molecule has 0 bridgehead atoms. The van der Waals surface area contributed by atoms with E-state index in [1.807, 2.05) is 49.4 Å². The molecule has 2 rings (SSSR count). The van der Waals surface area contributed by atoms with Gasteiger partial charge in [0, 0.05) is 30.3 Å². The van der Waals surface area contributed by atoms with Crippen molar-refractivity contribution in [3.05, 3.63) is 60.2 Å². The summed E-state index contributed by atoms with van der Waals surface area (Å²) in [6.07, 6.45) is 0.236. The number of rotatable bonds is 2. The second kappa shape index (κ2) is 8.48. The predicted octanol–water partition coefficient (Wildman–Crippen LogP) is 3.52. The molecule has 0 heterocycles. The van der Waals surface area contributed by atoms with Crippen molar-refractivity contribution in [1.29, 1.82) is 0 Å². The Bertz CT molecular complexity index is 280. The maximum absolute atomic E-state index is 5.09. The van der Waals surface area contributed by atoms with Gasteiger partial charge in [0.15, 0.2) is 0 Å². The molecule has 0 amide bonds. The van der Waals surface area contributed by atoms with Crippen molar-refractivity contribution in [2.24, 2.45) is 0 Å². The molecule has 2 aromatic carbocycles. The van der Waals surface area contributed by atoms with Gasteiger partial charge in [-0.25, -0.2) is 12.1 Å². The van der Waals surface area contributed by atoms with Gasteiger partial charge in [-0.3, -0.25) is 0 Å². The van der Waals surface area contributed by atoms with Crippen LogP contribution in [0.2, 0.25) is 0 Å². The van der Waals surface area contributed by atoms with Gasteiger partial charge < -0.3 is 35.1 Å². The molecule has 15 heavy (non-hydrogen) atoms. The minimum Gasteiger partial charge on any atom is -0.748 e. The number of hydrogen-bond acceptors (Lipinski definition) is 1. The molecular weight excluding hydrogens is 228 g/mol. The fourth-order valence-electron chi connectivity index (χ4n) is 1.12. The molecule has 0 aromatic heterocycles. The Morgan fingerprint density at radius 1 is 1.00 bits per heavy atom. The van der Waals surface area contributed by atoms with Crippen molar-refractivity contribution in [3.63, 3.8) is 0 Å². The fraction of sp³-hybridized carbons (Fsp3) is 0.231. The predicted molar refractivity (Wildman–Crippen MR) is 59.5 cm³/mol. The van der Waals surface area contributed by atoms with Crippen molar-refractivity contribution < 1.29 is 21.8 Å². The van der Waals surface area contributed by atoms with E-state index in [-0.39, 0.29) is 23.2 Å². The van der Waals surface area contributed by atoms with Gasteiger partial charge in [0.05, 0.1) is 0 Å². The van der Waals surface area contributed by atoms with E-state index < -0.39 is 0 Å². The van der Waals surface area contributed by atoms with Gasteiger partial charge in [0.2, 0.25) is 0 Å². The van der Waals surface area contributed by atoms with Crippen molar-refractivity contribution in [3.8, 4) is 0 Å². The summed E-state index contributed by atoms with van der Waals surface area (Å²) >= 11 is 0. The second-order valence-electron chi connectivity index (χ2n) is 3.06. The number of ether oxygens (including phenoxy) is 1. The van der Waals surface area contributed by atoms with E-state index in [0.717, 1.165) is 0 Å². The summed E-state index contributed by atoms with van der Waals surface area (Å²) in [5, 5.41) is 0. The van der Waals surface area contributed by atoms with E-state index in [4.69, 9.17) is 4.74 Å². The Morgan fingerprint density at radius 3 is 1.73 bits per heavy atom. The first-order chi connectivity index (χ1) is 6.84. The second-order valence-corrected chi connectivity index (χ2v) is 3.06. The Hall–Kier alpha value is -0.821. The Kier molecular flexibility index (Phi) is 8.02. The molecule has 0 aliphatic rings. The molecule has 0 spiro atoms. The van der Waals surface area contributed by atoms with E-state index in [9.17, 15) is 0 Å². The Balaban J connectivity index is 0.000000280.